The normalized spacial score (nSPS) is 15.4. The van der Waals surface area contributed by atoms with Gasteiger partial charge in [-0.2, -0.15) is 4.98 Å². The first-order valence-corrected chi connectivity index (χ1v) is 9.89. The number of nitrogens with zero attached hydrogens (tertiary/aromatic N) is 2. The maximum atomic E-state index is 13.1. The Bertz CT molecular complexity index is 958. The summed E-state index contributed by atoms with van der Waals surface area (Å²) in [5.74, 6) is 1.91. The Labute approximate surface area is 175 Å². The number of aromatic nitrogens is 2. The van der Waals surface area contributed by atoms with Crippen LogP contribution >= 0.6 is 0 Å². The van der Waals surface area contributed by atoms with Gasteiger partial charge in [-0.25, -0.2) is 9.37 Å². The van der Waals surface area contributed by atoms with Crippen molar-refractivity contribution < 1.29 is 18.6 Å². The van der Waals surface area contributed by atoms with Crippen molar-refractivity contribution in [3.8, 4) is 17.4 Å². The molecule has 3 aromatic rings. The van der Waals surface area contributed by atoms with E-state index in [0.717, 1.165) is 18.6 Å². The Hall–Kier alpha value is -3.19. The molecule has 2 aromatic carbocycles. The predicted molar refractivity (Wildman–Crippen MR) is 112 cm³/mol. The van der Waals surface area contributed by atoms with Crippen LogP contribution in [0.2, 0.25) is 0 Å². The van der Waals surface area contributed by atoms with E-state index in [1.54, 1.807) is 31.5 Å². The van der Waals surface area contributed by atoms with Crippen LogP contribution in [0, 0.1) is 5.82 Å². The molecule has 0 amide bonds. The third-order valence-electron chi connectivity index (χ3n) is 5.40. The number of methoxy groups -OCH3 is 1. The number of anilines is 1. The minimum Gasteiger partial charge on any atom is -0.497 e. The van der Waals surface area contributed by atoms with Crippen LogP contribution in [0.5, 0.6) is 17.4 Å². The molecule has 1 aliphatic heterocycles. The third kappa shape index (κ3) is 4.68. The molecular weight excluding hydrogens is 385 g/mol. The standard InChI is InChI=1S/C23H24FN3O3/c1-28-19-6-2-17(3-7-19)23(11-14-29-15-12-23)16-26-22-25-13-10-21(27-22)30-20-8-4-18(24)5-9-20/h2-10,13H,11-12,14-16H2,1H3,(H,25,26,27). The molecule has 6 nitrogen and oxygen atoms in total. The lowest BCUT2D eigenvalue weighted by atomic mass is 9.74. The summed E-state index contributed by atoms with van der Waals surface area (Å²) < 4.78 is 29.7. The summed E-state index contributed by atoms with van der Waals surface area (Å²) in [5, 5.41) is 3.37. The third-order valence-corrected chi connectivity index (χ3v) is 5.40. The summed E-state index contributed by atoms with van der Waals surface area (Å²) in [5.41, 5.74) is 1.15. The van der Waals surface area contributed by atoms with E-state index < -0.39 is 0 Å². The van der Waals surface area contributed by atoms with E-state index in [2.05, 4.69) is 27.4 Å². The molecule has 2 heterocycles. The highest BCUT2D eigenvalue weighted by atomic mass is 19.1. The minimum absolute atomic E-state index is 0.0816. The van der Waals surface area contributed by atoms with E-state index in [-0.39, 0.29) is 11.2 Å². The zero-order chi connectivity index (χ0) is 20.8. The molecule has 0 unspecified atom stereocenters. The van der Waals surface area contributed by atoms with Crippen LogP contribution in [0.4, 0.5) is 10.3 Å². The largest absolute Gasteiger partial charge is 0.497 e. The maximum absolute atomic E-state index is 13.1. The predicted octanol–water partition coefficient (Wildman–Crippen LogP) is 4.58. The second kappa shape index (κ2) is 9.09. The molecule has 0 radical (unpaired) electrons. The summed E-state index contributed by atoms with van der Waals surface area (Å²) in [4.78, 5) is 8.76. The summed E-state index contributed by atoms with van der Waals surface area (Å²) in [6.07, 6.45) is 3.44. The highest BCUT2D eigenvalue weighted by Gasteiger charge is 2.34. The smallest absolute Gasteiger partial charge is 0.225 e. The molecule has 0 atom stereocenters. The van der Waals surface area contributed by atoms with Gasteiger partial charge in [0.25, 0.3) is 0 Å². The highest BCUT2D eigenvalue weighted by molar-refractivity contribution is 5.37. The summed E-state index contributed by atoms with van der Waals surface area (Å²) >= 11 is 0. The lowest BCUT2D eigenvalue weighted by Crippen LogP contribution is -2.40. The van der Waals surface area contributed by atoms with Crippen LogP contribution in [0.25, 0.3) is 0 Å². The van der Waals surface area contributed by atoms with Crippen LogP contribution < -0.4 is 14.8 Å². The van der Waals surface area contributed by atoms with Gasteiger partial charge in [-0.3, -0.25) is 0 Å². The molecule has 0 bridgehead atoms. The van der Waals surface area contributed by atoms with Crippen LogP contribution in [-0.2, 0) is 10.2 Å². The quantitative estimate of drug-likeness (QED) is 0.616. The van der Waals surface area contributed by atoms with Crippen LogP contribution in [-0.4, -0.2) is 36.8 Å². The Balaban J connectivity index is 1.48. The van der Waals surface area contributed by atoms with Crippen molar-refractivity contribution in [2.24, 2.45) is 0 Å². The summed E-state index contributed by atoms with van der Waals surface area (Å²) in [6.45, 7) is 2.09. The molecule has 1 aromatic heterocycles. The van der Waals surface area contributed by atoms with E-state index in [9.17, 15) is 4.39 Å². The topological polar surface area (TPSA) is 65.5 Å². The van der Waals surface area contributed by atoms with Gasteiger partial charge in [0.05, 0.1) is 7.11 Å². The fourth-order valence-electron chi connectivity index (χ4n) is 3.63. The van der Waals surface area contributed by atoms with Crippen molar-refractivity contribution in [2.75, 3.05) is 32.2 Å². The van der Waals surface area contributed by atoms with Crippen LogP contribution in [0.3, 0.4) is 0 Å². The lowest BCUT2D eigenvalue weighted by molar-refractivity contribution is 0.0543. The first kappa shape index (κ1) is 20.1. The molecule has 1 aliphatic rings. The number of hydrogen-bond donors (Lipinski definition) is 1. The van der Waals surface area contributed by atoms with Crippen molar-refractivity contribution in [1.82, 2.24) is 9.97 Å². The monoisotopic (exact) mass is 409 g/mol. The molecule has 0 saturated carbocycles. The van der Waals surface area contributed by atoms with Gasteiger partial charge >= 0.3 is 0 Å². The Kier molecular flexibility index (Phi) is 6.09. The molecule has 0 aliphatic carbocycles. The fourth-order valence-corrected chi connectivity index (χ4v) is 3.63. The maximum Gasteiger partial charge on any atom is 0.225 e. The minimum atomic E-state index is -0.312. The van der Waals surface area contributed by atoms with E-state index in [1.807, 2.05) is 12.1 Å². The highest BCUT2D eigenvalue weighted by Crippen LogP contribution is 2.36. The van der Waals surface area contributed by atoms with E-state index >= 15 is 0 Å². The zero-order valence-corrected chi connectivity index (χ0v) is 16.8. The van der Waals surface area contributed by atoms with Crippen molar-refractivity contribution in [3.05, 3.63) is 72.2 Å². The van der Waals surface area contributed by atoms with Crippen molar-refractivity contribution in [3.63, 3.8) is 0 Å². The number of ether oxygens (including phenoxy) is 3. The van der Waals surface area contributed by atoms with Crippen LogP contribution in [0.1, 0.15) is 18.4 Å². The average Bonchev–Trinajstić information content (AvgIpc) is 2.80. The Morgan fingerprint density at radius 2 is 1.70 bits per heavy atom. The van der Waals surface area contributed by atoms with Crippen molar-refractivity contribution in [2.45, 2.75) is 18.3 Å². The van der Waals surface area contributed by atoms with E-state index in [1.165, 1.54) is 17.7 Å². The average molecular weight is 409 g/mol. The first-order valence-electron chi connectivity index (χ1n) is 9.89. The number of nitrogens with one attached hydrogen (secondary N) is 1. The van der Waals surface area contributed by atoms with Crippen LogP contribution in [0.15, 0.2) is 60.8 Å². The molecule has 156 valence electrons. The molecule has 1 saturated heterocycles. The number of rotatable bonds is 7. The zero-order valence-electron chi connectivity index (χ0n) is 16.8. The van der Waals surface area contributed by atoms with Crippen molar-refractivity contribution in [1.29, 1.82) is 0 Å². The summed E-state index contributed by atoms with van der Waals surface area (Å²) in [6, 6.07) is 15.7. The van der Waals surface area contributed by atoms with Gasteiger partial charge in [0.2, 0.25) is 11.8 Å². The summed E-state index contributed by atoms with van der Waals surface area (Å²) in [7, 11) is 1.67. The molecule has 4 rings (SSSR count). The number of hydrogen-bond acceptors (Lipinski definition) is 6. The van der Waals surface area contributed by atoms with Gasteiger partial charge in [0, 0.05) is 37.4 Å². The molecule has 30 heavy (non-hydrogen) atoms. The first-order chi connectivity index (χ1) is 14.7. The second-order valence-electron chi connectivity index (χ2n) is 7.25. The second-order valence-corrected chi connectivity index (χ2v) is 7.25. The Morgan fingerprint density at radius 1 is 1.00 bits per heavy atom. The van der Waals surface area contributed by atoms with Crippen molar-refractivity contribution >= 4 is 5.95 Å². The molecule has 1 N–H and O–H groups in total. The SMILES string of the molecule is COc1ccc(C2(CNc3nccc(Oc4ccc(F)cc4)n3)CCOCC2)cc1. The van der Waals surface area contributed by atoms with Gasteiger partial charge in [-0.15, -0.1) is 0 Å². The fraction of sp³-hybridized carbons (Fsp3) is 0.304. The molecule has 0 spiro atoms. The molecule has 1 fully saturated rings. The van der Waals surface area contributed by atoms with E-state index in [0.29, 0.717) is 37.3 Å². The lowest BCUT2D eigenvalue weighted by Gasteiger charge is -2.38. The number of benzene rings is 2. The van der Waals surface area contributed by atoms with Gasteiger partial charge in [-0.05, 0) is 54.8 Å². The Morgan fingerprint density at radius 3 is 2.40 bits per heavy atom. The van der Waals surface area contributed by atoms with Gasteiger partial charge < -0.3 is 19.5 Å². The van der Waals surface area contributed by atoms with E-state index in [4.69, 9.17) is 14.2 Å². The van der Waals surface area contributed by atoms with Gasteiger partial charge in [0.1, 0.15) is 17.3 Å². The van der Waals surface area contributed by atoms with Gasteiger partial charge in [0.15, 0.2) is 0 Å². The number of halogens is 1. The molecular formula is C23H24FN3O3. The molecule has 7 heteroatoms. The van der Waals surface area contributed by atoms with Gasteiger partial charge in [-0.1, -0.05) is 12.1 Å².